The van der Waals surface area contributed by atoms with Crippen molar-refractivity contribution >= 4 is 5.95 Å². The zero-order valence-electron chi connectivity index (χ0n) is 13.2. The third kappa shape index (κ3) is 4.33. The van der Waals surface area contributed by atoms with Crippen molar-refractivity contribution in [2.45, 2.75) is 33.2 Å². The van der Waals surface area contributed by atoms with Crippen LogP contribution in [0.2, 0.25) is 0 Å². The number of rotatable bonds is 8. The molecule has 1 aromatic heterocycles. The molecule has 0 saturated carbocycles. The van der Waals surface area contributed by atoms with Gasteiger partial charge in [-0.05, 0) is 32.8 Å². The summed E-state index contributed by atoms with van der Waals surface area (Å²) in [4.78, 5) is 4.59. The van der Waals surface area contributed by atoms with E-state index in [-0.39, 0.29) is 6.04 Å². The number of nitrogens with zero attached hydrogens (tertiary/aromatic N) is 2. The molecule has 2 aromatic rings. The van der Waals surface area contributed by atoms with Crippen LogP contribution in [0.3, 0.4) is 0 Å². The van der Waals surface area contributed by atoms with Crippen molar-refractivity contribution in [3.63, 3.8) is 0 Å². The molecular weight excluding hydrogens is 262 g/mol. The molecule has 2 rings (SSSR count). The van der Waals surface area contributed by atoms with Gasteiger partial charge in [-0.2, -0.15) is 0 Å². The predicted octanol–water partition coefficient (Wildman–Crippen LogP) is 3.64. The van der Waals surface area contributed by atoms with Crippen LogP contribution in [-0.2, 0) is 4.74 Å². The second-order valence-electron chi connectivity index (χ2n) is 5.18. The molecule has 1 heterocycles. The van der Waals surface area contributed by atoms with E-state index in [4.69, 9.17) is 4.74 Å². The Balaban J connectivity index is 2.02. The van der Waals surface area contributed by atoms with Gasteiger partial charge in [0.05, 0.1) is 11.7 Å². The number of ether oxygens (including phenoxy) is 1. The maximum atomic E-state index is 5.36. The van der Waals surface area contributed by atoms with Gasteiger partial charge >= 0.3 is 0 Å². The number of anilines is 1. The van der Waals surface area contributed by atoms with E-state index < -0.39 is 0 Å². The summed E-state index contributed by atoms with van der Waals surface area (Å²) < 4.78 is 7.56. The topological polar surface area (TPSA) is 39.1 Å². The second kappa shape index (κ2) is 7.84. The first kappa shape index (κ1) is 15.6. The van der Waals surface area contributed by atoms with Gasteiger partial charge in [-0.15, -0.1) is 0 Å². The van der Waals surface area contributed by atoms with E-state index in [0.29, 0.717) is 0 Å². The van der Waals surface area contributed by atoms with E-state index in [1.807, 2.05) is 19.9 Å². The molecule has 0 amide bonds. The van der Waals surface area contributed by atoms with Gasteiger partial charge in [0.25, 0.3) is 0 Å². The molecule has 1 aromatic carbocycles. The zero-order chi connectivity index (χ0) is 15.1. The first-order valence-corrected chi connectivity index (χ1v) is 7.64. The fourth-order valence-electron chi connectivity index (χ4n) is 2.35. The van der Waals surface area contributed by atoms with Crippen molar-refractivity contribution in [3.05, 3.63) is 47.8 Å². The molecule has 0 bridgehead atoms. The largest absolute Gasteiger partial charge is 0.382 e. The number of aryl methyl sites for hydroxylation is 1. The Labute approximate surface area is 127 Å². The highest BCUT2D eigenvalue weighted by atomic mass is 16.5. The Hall–Kier alpha value is -1.81. The summed E-state index contributed by atoms with van der Waals surface area (Å²) >= 11 is 0. The molecule has 114 valence electrons. The first-order chi connectivity index (χ1) is 10.2. The lowest BCUT2D eigenvalue weighted by molar-refractivity contribution is 0.147. The summed E-state index contributed by atoms with van der Waals surface area (Å²) in [5, 5.41) is 3.42. The maximum absolute atomic E-state index is 5.36. The maximum Gasteiger partial charge on any atom is 0.203 e. The highest BCUT2D eigenvalue weighted by molar-refractivity contribution is 5.32. The van der Waals surface area contributed by atoms with Gasteiger partial charge in [-0.3, -0.25) is 0 Å². The van der Waals surface area contributed by atoms with Gasteiger partial charge in [0.2, 0.25) is 5.95 Å². The average molecular weight is 287 g/mol. The summed E-state index contributed by atoms with van der Waals surface area (Å²) in [5.74, 6) is 0.931. The number of hydrogen-bond acceptors (Lipinski definition) is 3. The van der Waals surface area contributed by atoms with E-state index in [1.54, 1.807) is 0 Å². The second-order valence-corrected chi connectivity index (χ2v) is 5.18. The van der Waals surface area contributed by atoms with Crippen molar-refractivity contribution in [3.8, 4) is 0 Å². The van der Waals surface area contributed by atoms with Crippen LogP contribution < -0.4 is 5.32 Å². The van der Waals surface area contributed by atoms with E-state index in [0.717, 1.165) is 37.8 Å². The van der Waals surface area contributed by atoms with E-state index >= 15 is 0 Å². The monoisotopic (exact) mass is 287 g/mol. The lowest BCUT2D eigenvalue weighted by atomic mass is 10.1. The Morgan fingerprint density at radius 1 is 1.29 bits per heavy atom. The molecule has 4 heteroatoms. The van der Waals surface area contributed by atoms with Crippen LogP contribution in [-0.4, -0.2) is 29.3 Å². The summed E-state index contributed by atoms with van der Waals surface area (Å²) in [6.07, 6.45) is 3.09. The molecule has 4 nitrogen and oxygen atoms in total. The molecule has 0 radical (unpaired) electrons. The normalized spacial score (nSPS) is 12.3. The predicted molar refractivity (Wildman–Crippen MR) is 86.8 cm³/mol. The molecule has 1 N–H and O–H groups in total. The van der Waals surface area contributed by atoms with Crippen molar-refractivity contribution in [1.82, 2.24) is 9.55 Å². The Bertz CT molecular complexity index is 536. The number of benzene rings is 1. The van der Waals surface area contributed by atoms with E-state index in [2.05, 4.69) is 52.3 Å². The van der Waals surface area contributed by atoms with Gasteiger partial charge < -0.3 is 14.6 Å². The minimum atomic E-state index is 0.266. The minimum Gasteiger partial charge on any atom is -0.382 e. The van der Waals surface area contributed by atoms with Crippen LogP contribution in [0, 0.1) is 6.92 Å². The average Bonchev–Trinajstić information content (AvgIpc) is 2.88. The lowest BCUT2D eigenvalue weighted by Crippen LogP contribution is -2.13. The van der Waals surface area contributed by atoms with Crippen LogP contribution in [0.15, 0.2) is 36.5 Å². The molecule has 21 heavy (non-hydrogen) atoms. The zero-order valence-corrected chi connectivity index (χ0v) is 13.2. The van der Waals surface area contributed by atoms with Gasteiger partial charge in [0, 0.05) is 26.0 Å². The van der Waals surface area contributed by atoms with Crippen LogP contribution in [0.25, 0.3) is 0 Å². The summed E-state index contributed by atoms with van der Waals surface area (Å²) in [6.45, 7) is 8.68. The summed E-state index contributed by atoms with van der Waals surface area (Å²) in [6, 6.07) is 10.8. The van der Waals surface area contributed by atoms with E-state index in [1.165, 1.54) is 5.56 Å². The molecule has 0 aliphatic carbocycles. The Morgan fingerprint density at radius 3 is 2.76 bits per heavy atom. The summed E-state index contributed by atoms with van der Waals surface area (Å²) in [7, 11) is 0. The number of nitrogens with one attached hydrogen (secondary N) is 1. The molecule has 0 spiro atoms. The van der Waals surface area contributed by atoms with Gasteiger partial charge in [0.1, 0.15) is 0 Å². The van der Waals surface area contributed by atoms with Crippen LogP contribution >= 0.6 is 0 Å². The molecule has 0 aliphatic heterocycles. The smallest absolute Gasteiger partial charge is 0.203 e. The molecular formula is C17H25N3O. The van der Waals surface area contributed by atoms with Gasteiger partial charge in [-0.25, -0.2) is 4.98 Å². The van der Waals surface area contributed by atoms with Gasteiger partial charge in [-0.1, -0.05) is 30.3 Å². The van der Waals surface area contributed by atoms with Crippen molar-refractivity contribution in [2.24, 2.45) is 0 Å². The molecule has 0 aliphatic rings. The van der Waals surface area contributed by atoms with Crippen LogP contribution in [0.1, 0.15) is 37.6 Å². The SMILES string of the molecule is CCOCCCNc1nc(C)cn1C(C)c1ccccc1. The molecule has 0 fully saturated rings. The van der Waals surface area contributed by atoms with Crippen molar-refractivity contribution < 1.29 is 4.74 Å². The molecule has 1 unspecified atom stereocenters. The van der Waals surface area contributed by atoms with Crippen LogP contribution in [0.5, 0.6) is 0 Å². The number of hydrogen-bond donors (Lipinski definition) is 1. The quantitative estimate of drug-likeness (QED) is 0.753. The van der Waals surface area contributed by atoms with Gasteiger partial charge in [0.15, 0.2) is 0 Å². The third-order valence-electron chi connectivity index (χ3n) is 3.50. The third-order valence-corrected chi connectivity index (χ3v) is 3.50. The number of imidazole rings is 1. The Kier molecular flexibility index (Phi) is 5.81. The lowest BCUT2D eigenvalue weighted by Gasteiger charge is -2.17. The molecule has 1 atom stereocenters. The first-order valence-electron chi connectivity index (χ1n) is 7.64. The fourth-order valence-corrected chi connectivity index (χ4v) is 2.35. The van der Waals surface area contributed by atoms with Crippen molar-refractivity contribution in [1.29, 1.82) is 0 Å². The van der Waals surface area contributed by atoms with E-state index in [9.17, 15) is 0 Å². The minimum absolute atomic E-state index is 0.266. The standard InChI is InChI=1S/C17H25N3O/c1-4-21-12-8-11-18-17-19-14(2)13-20(17)15(3)16-9-6-5-7-10-16/h5-7,9-10,13,15H,4,8,11-12H2,1-3H3,(H,18,19). The number of aromatic nitrogens is 2. The summed E-state index contributed by atoms with van der Waals surface area (Å²) in [5.41, 5.74) is 2.32. The highest BCUT2D eigenvalue weighted by Gasteiger charge is 2.13. The Morgan fingerprint density at radius 2 is 2.05 bits per heavy atom. The fraction of sp³-hybridized carbons (Fsp3) is 0.471. The van der Waals surface area contributed by atoms with Crippen LogP contribution in [0.4, 0.5) is 5.95 Å². The highest BCUT2D eigenvalue weighted by Crippen LogP contribution is 2.22. The molecule has 0 saturated heterocycles. The van der Waals surface area contributed by atoms with Crippen molar-refractivity contribution in [2.75, 3.05) is 25.1 Å².